The Balaban J connectivity index is 0.000000806. The van der Waals surface area contributed by atoms with Gasteiger partial charge in [0.1, 0.15) is 6.61 Å². The highest BCUT2D eigenvalue weighted by Gasteiger charge is 2.36. The number of alkyl halides is 1. The number of halogens is 1. The summed E-state index contributed by atoms with van der Waals surface area (Å²) in [6, 6.07) is 8.44. The van der Waals surface area contributed by atoms with Crippen LogP contribution < -0.4 is 0 Å². The molecule has 0 spiro atoms. The molecule has 1 aliphatic carbocycles. The van der Waals surface area contributed by atoms with Gasteiger partial charge in [0.15, 0.2) is 0 Å². The van der Waals surface area contributed by atoms with Gasteiger partial charge in [0.25, 0.3) is 0 Å². The molecule has 4 nitrogen and oxygen atoms in total. The van der Waals surface area contributed by atoms with Crippen LogP contribution in [-0.4, -0.2) is 36.8 Å². The lowest BCUT2D eigenvalue weighted by Crippen LogP contribution is -2.20. The smallest absolute Gasteiger partial charge is 0.305 e. The molecule has 35 heavy (non-hydrogen) atoms. The van der Waals surface area contributed by atoms with Crippen LogP contribution in [0.25, 0.3) is 0 Å². The van der Waals surface area contributed by atoms with Crippen LogP contribution in [0.2, 0.25) is 0 Å². The first-order valence-electron chi connectivity index (χ1n) is 12.7. The number of hydrogen-bond donors (Lipinski definition) is 0. The first kappa shape index (κ1) is 32.9. The fraction of sp³-hybridized carbons (Fsp3) is 0.600. The van der Waals surface area contributed by atoms with E-state index in [2.05, 4.69) is 65.8 Å². The largest absolute Gasteiger partial charge is 0.461 e. The van der Waals surface area contributed by atoms with Crippen molar-refractivity contribution in [1.82, 2.24) is 4.90 Å². The zero-order valence-electron chi connectivity index (χ0n) is 23.8. The molecule has 2 rings (SSSR count). The average molecular weight is 506 g/mol. The van der Waals surface area contributed by atoms with Gasteiger partial charge in [-0.1, -0.05) is 69.5 Å². The van der Waals surface area contributed by atoms with E-state index in [0.717, 1.165) is 30.7 Å². The molecule has 0 saturated carbocycles. The van der Waals surface area contributed by atoms with Gasteiger partial charge in [-0.2, -0.15) is 0 Å². The molecule has 0 aliphatic heterocycles. The Morgan fingerprint density at radius 2 is 1.37 bits per heavy atom. The van der Waals surface area contributed by atoms with Gasteiger partial charge in [0.2, 0.25) is 5.91 Å². The van der Waals surface area contributed by atoms with Crippen LogP contribution in [0.3, 0.4) is 0 Å². The molecule has 0 bridgehead atoms. The van der Waals surface area contributed by atoms with Gasteiger partial charge in [0.05, 0.1) is 0 Å². The van der Waals surface area contributed by atoms with Crippen molar-refractivity contribution in [3.05, 3.63) is 57.7 Å². The van der Waals surface area contributed by atoms with Crippen LogP contribution in [0.5, 0.6) is 0 Å². The Morgan fingerprint density at radius 3 is 1.77 bits per heavy atom. The summed E-state index contributed by atoms with van der Waals surface area (Å²) >= 11 is 5.00. The second kappa shape index (κ2) is 16.6. The molecule has 198 valence electrons. The monoisotopic (exact) mass is 505 g/mol. The normalized spacial score (nSPS) is 14.0. The van der Waals surface area contributed by atoms with Crippen LogP contribution in [-0.2, 0) is 27.4 Å². The number of allylic oxidation sites excluding steroid dienone is 4. The molecule has 1 aliphatic rings. The summed E-state index contributed by atoms with van der Waals surface area (Å²) in [6.07, 6.45) is 4.24. The van der Waals surface area contributed by atoms with E-state index in [0.29, 0.717) is 19.4 Å². The van der Waals surface area contributed by atoms with Gasteiger partial charge in [-0.3, -0.25) is 9.59 Å². The second-order valence-electron chi connectivity index (χ2n) is 9.50. The molecule has 0 unspecified atom stereocenters. The minimum Gasteiger partial charge on any atom is -0.461 e. The third kappa shape index (κ3) is 10.6. The van der Waals surface area contributed by atoms with Gasteiger partial charge in [-0.05, 0) is 62.8 Å². The van der Waals surface area contributed by atoms with Crippen molar-refractivity contribution >= 4 is 23.5 Å². The highest BCUT2D eigenvalue weighted by atomic mass is 35.5. The summed E-state index contributed by atoms with van der Waals surface area (Å²) in [4.78, 5) is 23.7. The van der Waals surface area contributed by atoms with Crippen LogP contribution >= 0.6 is 11.6 Å². The Bertz CT molecular complexity index is 842. The van der Waals surface area contributed by atoms with Crippen LogP contribution in [0.4, 0.5) is 0 Å². The number of unbranched alkanes of at least 4 members (excludes halogenated alkanes) is 1. The fourth-order valence-corrected chi connectivity index (χ4v) is 3.92. The van der Waals surface area contributed by atoms with E-state index in [-0.39, 0.29) is 17.3 Å². The summed E-state index contributed by atoms with van der Waals surface area (Å²) in [5.74, 6) is 0.803. The highest BCUT2D eigenvalue weighted by molar-refractivity contribution is 6.17. The van der Waals surface area contributed by atoms with E-state index in [1.165, 1.54) is 27.9 Å². The van der Waals surface area contributed by atoms with Gasteiger partial charge in [-0.25, -0.2) is 0 Å². The first-order chi connectivity index (χ1) is 16.4. The molecule has 0 aromatic heterocycles. The van der Waals surface area contributed by atoms with Gasteiger partial charge < -0.3 is 9.64 Å². The van der Waals surface area contributed by atoms with Gasteiger partial charge in [-0.15, -0.1) is 11.6 Å². The standard InChI is InChI=1S/C21H28O2.C7H15NO.C2H5Cl/c1-7-20(22)23-13-19-10-8-18(9-11-19)12-21(6)16(4)14(2)15(3)17(21)5;1-4-5-6-7(9)8(2)3;1-2-3/h8-11H,7,12-13H2,1-6H3;4-6H2,1-3H3;2H2,1H3. The van der Waals surface area contributed by atoms with Gasteiger partial charge in [0, 0.05) is 38.2 Å². The lowest BCUT2D eigenvalue weighted by Gasteiger charge is -2.29. The molecular weight excluding hydrogens is 458 g/mol. The number of hydrogen-bond acceptors (Lipinski definition) is 3. The third-order valence-electron chi connectivity index (χ3n) is 6.85. The van der Waals surface area contributed by atoms with Crippen molar-refractivity contribution in [2.75, 3.05) is 20.0 Å². The topological polar surface area (TPSA) is 46.6 Å². The van der Waals surface area contributed by atoms with Crippen molar-refractivity contribution in [3.8, 4) is 0 Å². The molecule has 0 N–H and O–H groups in total. The van der Waals surface area contributed by atoms with E-state index < -0.39 is 0 Å². The molecule has 1 amide bonds. The minimum absolute atomic E-state index is 0.115. The maximum Gasteiger partial charge on any atom is 0.305 e. The number of benzene rings is 1. The molecule has 1 aromatic carbocycles. The number of amides is 1. The lowest BCUT2D eigenvalue weighted by molar-refractivity contribution is -0.144. The van der Waals surface area contributed by atoms with Crippen molar-refractivity contribution in [2.24, 2.45) is 5.41 Å². The zero-order chi connectivity index (χ0) is 27.2. The summed E-state index contributed by atoms with van der Waals surface area (Å²) in [5, 5.41) is 0. The molecule has 0 radical (unpaired) electrons. The van der Waals surface area contributed by atoms with E-state index in [1.54, 1.807) is 19.0 Å². The number of nitrogens with zero attached hydrogens (tertiary/aromatic N) is 1. The van der Waals surface area contributed by atoms with E-state index in [4.69, 9.17) is 16.3 Å². The fourth-order valence-electron chi connectivity index (χ4n) is 3.92. The van der Waals surface area contributed by atoms with E-state index in [1.807, 2.05) is 13.8 Å². The number of ether oxygens (including phenoxy) is 1. The van der Waals surface area contributed by atoms with Crippen molar-refractivity contribution < 1.29 is 14.3 Å². The minimum atomic E-state index is -0.153. The Labute approximate surface area is 219 Å². The first-order valence-corrected chi connectivity index (χ1v) is 13.3. The van der Waals surface area contributed by atoms with E-state index >= 15 is 0 Å². The Morgan fingerprint density at radius 1 is 0.914 bits per heavy atom. The quantitative estimate of drug-likeness (QED) is 0.266. The summed E-state index contributed by atoms with van der Waals surface area (Å²) in [7, 11) is 3.58. The van der Waals surface area contributed by atoms with Crippen molar-refractivity contribution in [1.29, 1.82) is 0 Å². The molecule has 0 saturated heterocycles. The van der Waals surface area contributed by atoms with Crippen molar-refractivity contribution in [2.45, 2.75) is 94.1 Å². The summed E-state index contributed by atoms with van der Waals surface area (Å²) < 4.78 is 5.18. The predicted octanol–water partition coefficient (Wildman–Crippen LogP) is 7.88. The molecule has 5 heteroatoms. The van der Waals surface area contributed by atoms with E-state index in [9.17, 15) is 9.59 Å². The zero-order valence-corrected chi connectivity index (χ0v) is 24.6. The van der Waals surface area contributed by atoms with Gasteiger partial charge >= 0.3 is 5.97 Å². The molecule has 0 atom stereocenters. The SMILES string of the molecule is CCC(=O)OCc1ccc(CC2(C)C(C)=C(C)C(C)=C2C)cc1.CCCCC(=O)N(C)C.CCCl. The molecule has 0 heterocycles. The second-order valence-corrected chi connectivity index (χ2v) is 10.0. The molecular formula is C30H48ClNO3. The number of esters is 1. The van der Waals surface area contributed by atoms with Crippen LogP contribution in [0.1, 0.15) is 92.2 Å². The summed E-state index contributed by atoms with van der Waals surface area (Å²) in [6.45, 7) is 17.5. The number of rotatable bonds is 8. The number of carbonyl (C=O) groups excluding carboxylic acids is 2. The number of carbonyl (C=O) groups is 2. The van der Waals surface area contributed by atoms with Crippen LogP contribution in [0, 0.1) is 5.41 Å². The summed E-state index contributed by atoms with van der Waals surface area (Å²) in [5.41, 5.74) is 8.31. The van der Waals surface area contributed by atoms with Crippen LogP contribution in [0.15, 0.2) is 46.6 Å². The Hall–Kier alpha value is -2.07. The maximum atomic E-state index is 11.2. The Kier molecular flexibility index (Phi) is 15.6. The molecule has 0 fully saturated rings. The lowest BCUT2D eigenvalue weighted by atomic mass is 9.74. The predicted molar refractivity (Wildman–Crippen MR) is 150 cm³/mol. The van der Waals surface area contributed by atoms with Crippen molar-refractivity contribution in [3.63, 3.8) is 0 Å². The average Bonchev–Trinajstić information content (AvgIpc) is 2.98. The third-order valence-corrected chi connectivity index (χ3v) is 6.85. The molecule has 1 aromatic rings. The maximum absolute atomic E-state index is 11.2. The highest BCUT2D eigenvalue weighted by Crippen LogP contribution is 2.48.